The molecular formula is C67H126O6. The van der Waals surface area contributed by atoms with Crippen LogP contribution in [0.15, 0.2) is 24.3 Å². The van der Waals surface area contributed by atoms with Gasteiger partial charge in [0.15, 0.2) is 6.10 Å². The normalized spacial score (nSPS) is 12.1. The summed E-state index contributed by atoms with van der Waals surface area (Å²) in [7, 11) is 0. The van der Waals surface area contributed by atoms with Crippen molar-refractivity contribution in [1.82, 2.24) is 0 Å². The van der Waals surface area contributed by atoms with Crippen molar-refractivity contribution < 1.29 is 28.6 Å². The Kier molecular flexibility index (Phi) is 60.6. The van der Waals surface area contributed by atoms with E-state index in [4.69, 9.17) is 14.2 Å². The van der Waals surface area contributed by atoms with Crippen LogP contribution in [0.1, 0.15) is 367 Å². The second-order valence-electron chi connectivity index (χ2n) is 22.4. The topological polar surface area (TPSA) is 78.9 Å². The third-order valence-electron chi connectivity index (χ3n) is 14.9. The van der Waals surface area contributed by atoms with Crippen molar-refractivity contribution in [1.29, 1.82) is 0 Å². The fraction of sp³-hybridized carbons (Fsp3) is 0.896. The smallest absolute Gasteiger partial charge is 0.306 e. The average Bonchev–Trinajstić information content (AvgIpc) is 3.39. The molecule has 0 spiro atoms. The number of ether oxygens (including phenoxy) is 3. The molecule has 1 atom stereocenters. The summed E-state index contributed by atoms with van der Waals surface area (Å²) in [4.78, 5) is 38.3. The van der Waals surface area contributed by atoms with E-state index in [9.17, 15) is 14.4 Å². The van der Waals surface area contributed by atoms with Gasteiger partial charge in [0.05, 0.1) is 0 Å². The molecule has 0 radical (unpaired) electrons. The van der Waals surface area contributed by atoms with Crippen LogP contribution in [0.3, 0.4) is 0 Å². The quantitative estimate of drug-likeness (QED) is 0.0261. The van der Waals surface area contributed by atoms with Gasteiger partial charge in [-0.1, -0.05) is 302 Å². The van der Waals surface area contributed by atoms with Crippen LogP contribution in [-0.2, 0) is 28.6 Å². The van der Waals surface area contributed by atoms with Crippen molar-refractivity contribution in [3.8, 4) is 0 Å². The molecule has 6 heteroatoms. The number of carbonyl (C=O) groups excluding carboxylic acids is 3. The zero-order chi connectivity index (χ0) is 52.9. The third-order valence-corrected chi connectivity index (χ3v) is 14.9. The zero-order valence-electron chi connectivity index (χ0n) is 49.4. The van der Waals surface area contributed by atoms with Crippen LogP contribution in [0.4, 0.5) is 0 Å². The summed E-state index contributed by atoms with van der Waals surface area (Å²) in [6, 6.07) is 0. The second kappa shape index (κ2) is 62.4. The van der Waals surface area contributed by atoms with Gasteiger partial charge in [0.2, 0.25) is 0 Å². The van der Waals surface area contributed by atoms with Crippen LogP contribution < -0.4 is 0 Å². The second-order valence-corrected chi connectivity index (χ2v) is 22.4. The molecule has 0 aromatic rings. The van der Waals surface area contributed by atoms with Gasteiger partial charge >= 0.3 is 17.9 Å². The first-order valence-electron chi connectivity index (χ1n) is 32.8. The minimum Gasteiger partial charge on any atom is -0.462 e. The van der Waals surface area contributed by atoms with Crippen LogP contribution in [0, 0.1) is 0 Å². The number of rotatable bonds is 61. The minimum absolute atomic E-state index is 0.0678. The number of hydrogen-bond donors (Lipinski definition) is 0. The maximum Gasteiger partial charge on any atom is 0.306 e. The largest absolute Gasteiger partial charge is 0.462 e. The Balaban J connectivity index is 4.28. The highest BCUT2D eigenvalue weighted by Crippen LogP contribution is 2.18. The van der Waals surface area contributed by atoms with E-state index in [1.807, 2.05) is 0 Å². The molecule has 0 rings (SSSR count). The van der Waals surface area contributed by atoms with Gasteiger partial charge < -0.3 is 14.2 Å². The maximum absolute atomic E-state index is 12.9. The highest BCUT2D eigenvalue weighted by Gasteiger charge is 2.19. The van der Waals surface area contributed by atoms with Crippen molar-refractivity contribution in [2.24, 2.45) is 0 Å². The first-order chi connectivity index (χ1) is 36.0. The third kappa shape index (κ3) is 60.6. The standard InChI is InChI=1S/C67H126O6/c1-4-7-10-13-16-19-22-25-28-30-31-32-33-34-35-37-39-42-45-48-51-54-57-60-66(69)72-63-64(62-71-65(68)59-56-53-50-47-44-41-38-27-24-21-18-15-12-9-6-3)73-67(70)61-58-55-52-49-46-43-40-36-29-26-23-20-17-14-11-8-5-2/h26,29-31,64H,4-25,27-28,32-63H2,1-3H3/b29-26-,31-30-. The predicted molar refractivity (Wildman–Crippen MR) is 316 cm³/mol. The average molecular weight is 1030 g/mol. The van der Waals surface area contributed by atoms with E-state index in [0.29, 0.717) is 19.3 Å². The highest BCUT2D eigenvalue weighted by atomic mass is 16.6. The van der Waals surface area contributed by atoms with Crippen LogP contribution in [-0.4, -0.2) is 37.2 Å². The molecule has 0 fully saturated rings. The molecule has 0 amide bonds. The summed E-state index contributed by atoms with van der Waals surface area (Å²) in [5, 5.41) is 0. The number of hydrogen-bond acceptors (Lipinski definition) is 6. The zero-order valence-corrected chi connectivity index (χ0v) is 49.4. The van der Waals surface area contributed by atoms with Crippen molar-refractivity contribution in [3.05, 3.63) is 24.3 Å². The Morgan fingerprint density at radius 2 is 0.452 bits per heavy atom. The van der Waals surface area contributed by atoms with Crippen LogP contribution in [0.2, 0.25) is 0 Å². The van der Waals surface area contributed by atoms with E-state index in [2.05, 4.69) is 45.1 Å². The van der Waals surface area contributed by atoms with E-state index in [-0.39, 0.29) is 31.1 Å². The number of carbonyl (C=O) groups is 3. The van der Waals surface area contributed by atoms with Gasteiger partial charge in [0, 0.05) is 19.3 Å². The Bertz CT molecular complexity index is 1180. The molecule has 6 nitrogen and oxygen atoms in total. The molecule has 0 heterocycles. The first kappa shape index (κ1) is 70.9. The monoisotopic (exact) mass is 1030 g/mol. The molecule has 0 saturated heterocycles. The lowest BCUT2D eigenvalue weighted by Crippen LogP contribution is -2.30. The maximum atomic E-state index is 12.9. The Morgan fingerprint density at radius 1 is 0.260 bits per heavy atom. The molecule has 0 aromatic carbocycles. The molecule has 430 valence electrons. The SMILES string of the molecule is CCCCCCCC/C=C\CCCCCCCCCC(=O)OC(COC(=O)CCCCCCCCCCCCC/C=C\CCCCCCCCCC)COC(=O)CCCCCCCCCCCCCCCCC. The van der Waals surface area contributed by atoms with E-state index >= 15 is 0 Å². The van der Waals surface area contributed by atoms with E-state index in [1.165, 1.54) is 270 Å². The summed E-state index contributed by atoms with van der Waals surface area (Å²) >= 11 is 0. The fourth-order valence-electron chi connectivity index (χ4n) is 9.97. The van der Waals surface area contributed by atoms with Crippen LogP contribution >= 0.6 is 0 Å². The van der Waals surface area contributed by atoms with E-state index in [1.54, 1.807) is 0 Å². The minimum atomic E-state index is -0.771. The molecule has 0 saturated carbocycles. The van der Waals surface area contributed by atoms with Gasteiger partial charge in [-0.05, 0) is 70.6 Å². The molecule has 0 aliphatic carbocycles. The Morgan fingerprint density at radius 3 is 0.685 bits per heavy atom. The lowest BCUT2D eigenvalue weighted by Gasteiger charge is -2.18. The number of allylic oxidation sites excluding steroid dienone is 4. The van der Waals surface area contributed by atoms with Crippen molar-refractivity contribution >= 4 is 17.9 Å². The molecule has 0 bridgehead atoms. The van der Waals surface area contributed by atoms with Gasteiger partial charge in [-0.15, -0.1) is 0 Å². The predicted octanol–water partition coefficient (Wildman–Crippen LogP) is 22.2. The van der Waals surface area contributed by atoms with Crippen LogP contribution in [0.25, 0.3) is 0 Å². The summed E-state index contributed by atoms with van der Waals surface area (Å²) in [6.07, 6.45) is 74.7. The van der Waals surface area contributed by atoms with Gasteiger partial charge in [0.25, 0.3) is 0 Å². The molecule has 73 heavy (non-hydrogen) atoms. The highest BCUT2D eigenvalue weighted by molar-refractivity contribution is 5.71. The summed E-state index contributed by atoms with van der Waals surface area (Å²) < 4.78 is 17.0. The first-order valence-corrected chi connectivity index (χ1v) is 32.8. The Labute approximate surface area is 455 Å². The fourth-order valence-corrected chi connectivity index (χ4v) is 9.97. The van der Waals surface area contributed by atoms with Crippen molar-refractivity contribution in [2.75, 3.05) is 13.2 Å². The van der Waals surface area contributed by atoms with Gasteiger partial charge in [-0.3, -0.25) is 14.4 Å². The lowest BCUT2D eigenvalue weighted by molar-refractivity contribution is -0.167. The molecule has 0 aromatic heterocycles. The number of esters is 3. The summed E-state index contributed by atoms with van der Waals surface area (Å²) in [5.74, 6) is -0.846. The molecule has 0 aliphatic heterocycles. The number of unbranched alkanes of at least 4 members (excludes halogenated alkanes) is 46. The Hall–Kier alpha value is -2.11. The molecule has 0 aliphatic rings. The van der Waals surface area contributed by atoms with Crippen molar-refractivity contribution in [2.45, 2.75) is 374 Å². The summed E-state index contributed by atoms with van der Waals surface area (Å²) in [6.45, 7) is 6.70. The van der Waals surface area contributed by atoms with Crippen molar-refractivity contribution in [3.63, 3.8) is 0 Å². The molecular weight excluding hydrogens is 901 g/mol. The van der Waals surface area contributed by atoms with E-state index < -0.39 is 6.10 Å². The summed E-state index contributed by atoms with van der Waals surface area (Å²) in [5.41, 5.74) is 0. The van der Waals surface area contributed by atoms with Gasteiger partial charge in [-0.2, -0.15) is 0 Å². The van der Waals surface area contributed by atoms with Crippen LogP contribution in [0.5, 0.6) is 0 Å². The molecule has 1 unspecified atom stereocenters. The van der Waals surface area contributed by atoms with Gasteiger partial charge in [0.1, 0.15) is 13.2 Å². The van der Waals surface area contributed by atoms with E-state index in [0.717, 1.165) is 57.8 Å². The lowest BCUT2D eigenvalue weighted by atomic mass is 10.0. The van der Waals surface area contributed by atoms with Gasteiger partial charge in [-0.25, -0.2) is 0 Å². The molecule has 0 N–H and O–H groups in total.